The minimum atomic E-state index is -4.28. The zero-order valence-corrected chi connectivity index (χ0v) is 15.4. The first kappa shape index (κ1) is 19.7. The highest BCUT2D eigenvalue weighted by Crippen LogP contribution is 2.37. The number of benzene rings is 1. The van der Waals surface area contributed by atoms with Gasteiger partial charge in [0.25, 0.3) is 5.56 Å². The summed E-state index contributed by atoms with van der Waals surface area (Å²) in [5.74, 6) is -0.761. The van der Waals surface area contributed by atoms with Crippen LogP contribution in [-0.4, -0.2) is 46.9 Å². The highest BCUT2D eigenvalue weighted by Gasteiger charge is 2.31. The van der Waals surface area contributed by atoms with Crippen molar-refractivity contribution in [3.8, 4) is 0 Å². The molecule has 29 heavy (non-hydrogen) atoms. The van der Waals surface area contributed by atoms with Crippen LogP contribution in [0.25, 0.3) is 10.9 Å². The molecule has 0 radical (unpaired) electrons. The molecule has 11 heteroatoms. The summed E-state index contributed by atoms with van der Waals surface area (Å²) in [6, 6.07) is 2.28. The Kier molecular flexibility index (Phi) is 4.80. The van der Waals surface area contributed by atoms with Gasteiger partial charge in [0.15, 0.2) is 0 Å². The molecule has 1 saturated carbocycles. The molecule has 2 aliphatic rings. The highest BCUT2D eigenvalue weighted by molar-refractivity contribution is 5.82. The van der Waals surface area contributed by atoms with Crippen molar-refractivity contribution in [3.63, 3.8) is 0 Å². The van der Waals surface area contributed by atoms with Crippen LogP contribution in [-0.2, 0) is 0 Å². The second kappa shape index (κ2) is 7.05. The lowest BCUT2D eigenvalue weighted by Gasteiger charge is -2.21. The number of halogens is 4. The molecule has 0 spiro atoms. The van der Waals surface area contributed by atoms with Gasteiger partial charge in [-0.3, -0.25) is 9.36 Å². The second-order valence-electron chi connectivity index (χ2n) is 7.67. The molecule has 7 nitrogen and oxygen atoms in total. The van der Waals surface area contributed by atoms with Crippen LogP contribution in [0.4, 0.5) is 23.2 Å². The third kappa shape index (κ3) is 3.83. The molecule has 2 aromatic rings. The first-order chi connectivity index (χ1) is 13.7. The Morgan fingerprint density at radius 2 is 1.90 bits per heavy atom. The number of aromatic nitrogens is 2. The van der Waals surface area contributed by atoms with Crippen LogP contribution in [0.3, 0.4) is 0 Å². The number of alkyl halides is 3. The van der Waals surface area contributed by atoms with Crippen LogP contribution in [0.2, 0.25) is 0 Å². The summed E-state index contributed by atoms with van der Waals surface area (Å²) in [6.45, 7) is -0.105. The summed E-state index contributed by atoms with van der Waals surface area (Å²) in [5, 5.41) is 12.0. The number of nitrogens with one attached hydrogen (secondary N) is 1. The third-order valence-corrected chi connectivity index (χ3v) is 5.43. The van der Waals surface area contributed by atoms with E-state index >= 15 is 0 Å². The van der Waals surface area contributed by atoms with Crippen molar-refractivity contribution in [2.24, 2.45) is 5.92 Å². The molecule has 2 heterocycles. The molecule has 4 rings (SSSR count). The second-order valence-corrected chi connectivity index (χ2v) is 7.67. The average Bonchev–Trinajstić information content (AvgIpc) is 3.37. The Bertz CT molecular complexity index is 1060. The number of nitrogens with zero attached hydrogens (tertiary/aromatic N) is 3. The van der Waals surface area contributed by atoms with E-state index in [-0.39, 0.29) is 39.8 Å². The molecule has 1 atom stereocenters. The summed E-state index contributed by atoms with van der Waals surface area (Å²) in [7, 11) is 0. The van der Waals surface area contributed by atoms with Gasteiger partial charge in [0, 0.05) is 25.7 Å². The zero-order valence-electron chi connectivity index (χ0n) is 15.4. The van der Waals surface area contributed by atoms with Crippen LogP contribution in [0, 0.1) is 11.7 Å². The van der Waals surface area contributed by atoms with E-state index < -0.39 is 29.8 Å². The number of hydrogen-bond acceptors (Lipinski definition) is 5. The van der Waals surface area contributed by atoms with Crippen LogP contribution >= 0.6 is 0 Å². The quantitative estimate of drug-likeness (QED) is 0.575. The van der Waals surface area contributed by atoms with Crippen LogP contribution in [0.5, 0.6) is 0 Å². The molecule has 1 aliphatic carbocycles. The number of fused-ring (bicyclic) bond motifs is 1. The minimum Gasteiger partial charge on any atom is -0.421 e. The normalized spacial score (nSPS) is 20.0. The van der Waals surface area contributed by atoms with Gasteiger partial charge in [0.05, 0.1) is 23.1 Å². The first-order valence-corrected chi connectivity index (χ1v) is 9.38. The SMILES string of the molecule is O=c1c2cc(F)c(N3CCC(CNCC(F)(F)F)C3)cc2n(C2CC2)c(=O)n1O. The predicted molar refractivity (Wildman–Crippen MR) is 97.1 cm³/mol. The van der Waals surface area contributed by atoms with E-state index in [1.807, 2.05) is 0 Å². The van der Waals surface area contributed by atoms with Crippen molar-refractivity contribution in [1.29, 1.82) is 0 Å². The molecular formula is C18H20F4N4O3. The topological polar surface area (TPSA) is 79.5 Å². The van der Waals surface area contributed by atoms with Gasteiger partial charge in [0.2, 0.25) is 0 Å². The largest absolute Gasteiger partial charge is 0.421 e. The van der Waals surface area contributed by atoms with Gasteiger partial charge in [-0.2, -0.15) is 13.2 Å². The van der Waals surface area contributed by atoms with Gasteiger partial charge in [-0.1, -0.05) is 4.73 Å². The maximum Gasteiger partial charge on any atom is 0.401 e. The lowest BCUT2D eigenvalue weighted by atomic mass is 10.1. The maximum absolute atomic E-state index is 14.7. The van der Waals surface area contributed by atoms with E-state index in [0.717, 1.165) is 18.9 Å². The summed E-state index contributed by atoms with van der Waals surface area (Å²) >= 11 is 0. The molecule has 0 amide bonds. The van der Waals surface area contributed by atoms with Crippen molar-refractivity contribution < 1.29 is 22.8 Å². The summed E-state index contributed by atoms with van der Waals surface area (Å²) in [6.07, 6.45) is -2.25. The molecule has 1 aliphatic heterocycles. The predicted octanol–water partition coefficient (Wildman–Crippen LogP) is 1.85. The van der Waals surface area contributed by atoms with Gasteiger partial charge in [-0.05, 0) is 37.3 Å². The Labute approximate surface area is 162 Å². The Hall–Kier alpha value is -2.56. The van der Waals surface area contributed by atoms with Crippen LogP contribution < -0.4 is 21.5 Å². The van der Waals surface area contributed by atoms with E-state index in [9.17, 15) is 32.4 Å². The number of hydrogen-bond donors (Lipinski definition) is 2. The molecule has 1 unspecified atom stereocenters. The zero-order chi connectivity index (χ0) is 20.9. The van der Waals surface area contributed by atoms with Crippen molar-refractivity contribution in [1.82, 2.24) is 14.6 Å². The summed E-state index contributed by atoms with van der Waals surface area (Å²) in [4.78, 5) is 26.2. The summed E-state index contributed by atoms with van der Waals surface area (Å²) in [5.41, 5.74) is -1.40. The fourth-order valence-corrected chi connectivity index (χ4v) is 3.89. The molecule has 1 saturated heterocycles. The van der Waals surface area contributed by atoms with Crippen LogP contribution in [0.1, 0.15) is 25.3 Å². The van der Waals surface area contributed by atoms with E-state index in [2.05, 4.69) is 5.32 Å². The van der Waals surface area contributed by atoms with Gasteiger partial charge < -0.3 is 15.4 Å². The standard InChI is InChI=1S/C18H20F4N4O3/c19-13-5-12-14(25(11-1-2-11)17(28)26(29)16(12)27)6-15(13)24-4-3-10(8-24)7-23-9-18(20,21)22/h5-6,10-11,23,29H,1-4,7-9H2. The van der Waals surface area contributed by atoms with E-state index in [1.165, 1.54) is 10.6 Å². The van der Waals surface area contributed by atoms with Gasteiger partial charge >= 0.3 is 11.9 Å². The van der Waals surface area contributed by atoms with Gasteiger partial charge in [0.1, 0.15) is 5.82 Å². The van der Waals surface area contributed by atoms with Crippen molar-refractivity contribution >= 4 is 16.6 Å². The molecule has 0 bridgehead atoms. The van der Waals surface area contributed by atoms with E-state index in [0.29, 0.717) is 19.5 Å². The average molecular weight is 416 g/mol. The first-order valence-electron chi connectivity index (χ1n) is 9.38. The Morgan fingerprint density at radius 3 is 2.55 bits per heavy atom. The van der Waals surface area contributed by atoms with Crippen molar-refractivity contribution in [2.45, 2.75) is 31.5 Å². The molecule has 2 fully saturated rings. The molecular weight excluding hydrogens is 396 g/mol. The minimum absolute atomic E-state index is 0.00201. The maximum atomic E-state index is 14.7. The molecule has 2 N–H and O–H groups in total. The third-order valence-electron chi connectivity index (χ3n) is 5.43. The fraction of sp³-hybridized carbons (Fsp3) is 0.556. The van der Waals surface area contributed by atoms with Crippen LogP contribution in [0.15, 0.2) is 21.7 Å². The van der Waals surface area contributed by atoms with E-state index in [1.54, 1.807) is 4.90 Å². The smallest absolute Gasteiger partial charge is 0.401 e. The van der Waals surface area contributed by atoms with Gasteiger partial charge in [-0.25, -0.2) is 9.18 Å². The lowest BCUT2D eigenvalue weighted by Crippen LogP contribution is -2.38. The molecule has 1 aromatic carbocycles. The van der Waals surface area contributed by atoms with E-state index in [4.69, 9.17) is 0 Å². The highest BCUT2D eigenvalue weighted by atomic mass is 19.4. The van der Waals surface area contributed by atoms with Crippen molar-refractivity contribution in [3.05, 3.63) is 38.8 Å². The number of anilines is 1. The molecule has 158 valence electrons. The monoisotopic (exact) mass is 416 g/mol. The van der Waals surface area contributed by atoms with Crippen molar-refractivity contribution in [2.75, 3.05) is 31.1 Å². The molecule has 1 aromatic heterocycles. The Morgan fingerprint density at radius 1 is 1.17 bits per heavy atom. The van der Waals surface area contributed by atoms with Gasteiger partial charge in [-0.15, -0.1) is 0 Å². The Balaban J connectivity index is 1.63. The lowest BCUT2D eigenvalue weighted by molar-refractivity contribution is -0.125. The fourth-order valence-electron chi connectivity index (χ4n) is 3.89. The number of rotatable bonds is 5. The summed E-state index contributed by atoms with van der Waals surface area (Å²) < 4.78 is 52.9.